The molecule has 4 rings (SSSR count). The van der Waals surface area contributed by atoms with Gasteiger partial charge in [0, 0.05) is 12.2 Å². The summed E-state index contributed by atoms with van der Waals surface area (Å²) in [7, 11) is 0. The molecule has 3 aromatic rings. The Morgan fingerprint density at radius 1 is 1.27 bits per heavy atom. The Morgan fingerprint density at radius 2 is 2.03 bits per heavy atom. The summed E-state index contributed by atoms with van der Waals surface area (Å²) >= 11 is 1.52. The number of nitrogens with one attached hydrogen (secondary N) is 1. The minimum Gasteiger partial charge on any atom is -0.334 e. The highest BCUT2D eigenvalue weighted by molar-refractivity contribution is 7.13. The smallest absolute Gasteiger partial charge is 0.322 e. The average molecular weight is 427 g/mol. The number of allylic oxidation sites excluding steroid dienone is 1. The predicted octanol–water partition coefficient (Wildman–Crippen LogP) is 5.48. The molecule has 1 aliphatic heterocycles. The Hall–Kier alpha value is -3.00. The van der Waals surface area contributed by atoms with Gasteiger partial charge in [0.15, 0.2) is 0 Å². The molecular weight excluding hydrogens is 403 g/mol. The van der Waals surface area contributed by atoms with Crippen LogP contribution in [-0.2, 0) is 0 Å². The molecule has 0 saturated heterocycles. The van der Waals surface area contributed by atoms with Crippen molar-refractivity contribution in [3.63, 3.8) is 0 Å². The topological polar surface area (TPSA) is 71.3 Å². The number of hydrogen-bond acceptors (Lipinski definition) is 5. The van der Waals surface area contributed by atoms with Crippen LogP contribution in [0.3, 0.4) is 0 Å². The number of rotatable bonds is 6. The van der Waals surface area contributed by atoms with E-state index in [-0.39, 0.29) is 11.8 Å². The van der Waals surface area contributed by atoms with Crippen LogP contribution in [0, 0.1) is 11.7 Å². The standard InChI is InChI=1S/C22H23FN4O2S/c1-13(2)10-11-27-14(3)18(21-25-20(26-29-21)17-5-4-12-30-17)19(24-22(27)28)15-6-8-16(23)9-7-15/h4-9,12-13,19H,10-11H2,1-3H3,(H,24,28). The maximum Gasteiger partial charge on any atom is 0.322 e. The van der Waals surface area contributed by atoms with Gasteiger partial charge in [0.2, 0.25) is 5.82 Å². The zero-order valence-electron chi connectivity index (χ0n) is 17.1. The number of carbonyl (C=O) groups excluding carboxylic acids is 1. The molecule has 1 unspecified atom stereocenters. The average Bonchev–Trinajstić information content (AvgIpc) is 3.39. The van der Waals surface area contributed by atoms with Gasteiger partial charge in [-0.05, 0) is 48.4 Å². The van der Waals surface area contributed by atoms with Crippen molar-refractivity contribution < 1.29 is 13.7 Å². The van der Waals surface area contributed by atoms with Gasteiger partial charge in [-0.25, -0.2) is 9.18 Å². The number of benzene rings is 1. The Labute approximate surface area is 178 Å². The summed E-state index contributed by atoms with van der Waals surface area (Å²) in [6.45, 7) is 6.71. The number of nitrogens with zero attached hydrogens (tertiary/aromatic N) is 3. The van der Waals surface area contributed by atoms with Crippen LogP contribution in [0.4, 0.5) is 9.18 Å². The molecule has 2 amide bonds. The van der Waals surface area contributed by atoms with E-state index in [0.717, 1.165) is 28.1 Å². The first-order valence-corrected chi connectivity index (χ1v) is 10.7. The third-order valence-electron chi connectivity index (χ3n) is 5.13. The van der Waals surface area contributed by atoms with E-state index in [0.29, 0.717) is 24.2 Å². The van der Waals surface area contributed by atoms with Gasteiger partial charge in [0.25, 0.3) is 5.89 Å². The third-order valence-corrected chi connectivity index (χ3v) is 5.99. The number of hydrogen-bond donors (Lipinski definition) is 1. The fourth-order valence-corrected chi connectivity index (χ4v) is 4.11. The maximum absolute atomic E-state index is 13.5. The molecule has 1 atom stereocenters. The third kappa shape index (κ3) is 4.00. The summed E-state index contributed by atoms with van der Waals surface area (Å²) < 4.78 is 19.1. The largest absolute Gasteiger partial charge is 0.334 e. The van der Waals surface area contributed by atoms with Crippen molar-refractivity contribution in [2.75, 3.05) is 6.54 Å². The fourth-order valence-electron chi connectivity index (χ4n) is 3.46. The molecule has 8 heteroatoms. The van der Waals surface area contributed by atoms with Crippen molar-refractivity contribution in [1.82, 2.24) is 20.4 Å². The van der Waals surface area contributed by atoms with Crippen LogP contribution in [0.15, 0.2) is 52.0 Å². The summed E-state index contributed by atoms with van der Waals surface area (Å²) in [5.74, 6) is 0.973. The second kappa shape index (κ2) is 8.39. The highest BCUT2D eigenvalue weighted by atomic mass is 32.1. The van der Waals surface area contributed by atoms with Crippen LogP contribution in [0.5, 0.6) is 0 Å². The van der Waals surface area contributed by atoms with Crippen molar-refractivity contribution >= 4 is 22.9 Å². The molecule has 0 aliphatic carbocycles. The lowest BCUT2D eigenvalue weighted by molar-refractivity contribution is 0.202. The SMILES string of the molecule is CC1=C(c2nc(-c3cccs3)no2)C(c2ccc(F)cc2)NC(=O)N1CCC(C)C. The van der Waals surface area contributed by atoms with E-state index in [1.165, 1.54) is 23.5 Å². The molecule has 30 heavy (non-hydrogen) atoms. The van der Waals surface area contributed by atoms with Crippen LogP contribution in [0.2, 0.25) is 0 Å². The summed E-state index contributed by atoms with van der Waals surface area (Å²) in [5.41, 5.74) is 2.23. The minimum absolute atomic E-state index is 0.191. The van der Waals surface area contributed by atoms with Gasteiger partial charge in [0.05, 0.1) is 16.5 Å². The first-order valence-electron chi connectivity index (χ1n) is 9.86. The van der Waals surface area contributed by atoms with E-state index < -0.39 is 6.04 Å². The maximum atomic E-state index is 13.5. The fraction of sp³-hybridized carbons (Fsp3) is 0.318. The zero-order valence-corrected chi connectivity index (χ0v) is 17.9. The lowest BCUT2D eigenvalue weighted by Gasteiger charge is -2.35. The second-order valence-corrected chi connectivity index (χ2v) is 8.62. The Balaban J connectivity index is 1.78. The molecule has 0 radical (unpaired) electrons. The van der Waals surface area contributed by atoms with E-state index in [4.69, 9.17) is 4.52 Å². The molecule has 0 saturated carbocycles. The molecule has 1 aliphatic rings. The monoisotopic (exact) mass is 426 g/mol. The highest BCUT2D eigenvalue weighted by Crippen LogP contribution is 2.37. The van der Waals surface area contributed by atoms with Crippen molar-refractivity contribution in [3.8, 4) is 10.7 Å². The molecule has 0 bridgehead atoms. The first kappa shape index (κ1) is 20.3. The van der Waals surface area contributed by atoms with E-state index in [1.807, 2.05) is 24.4 Å². The molecule has 6 nitrogen and oxygen atoms in total. The highest BCUT2D eigenvalue weighted by Gasteiger charge is 2.35. The van der Waals surface area contributed by atoms with Crippen LogP contribution < -0.4 is 5.32 Å². The van der Waals surface area contributed by atoms with E-state index in [1.54, 1.807) is 17.0 Å². The normalized spacial score (nSPS) is 17.0. The molecule has 2 aromatic heterocycles. The quantitative estimate of drug-likeness (QED) is 0.566. The van der Waals surface area contributed by atoms with E-state index in [9.17, 15) is 9.18 Å². The van der Waals surface area contributed by atoms with Crippen molar-refractivity contribution in [1.29, 1.82) is 0 Å². The van der Waals surface area contributed by atoms with Crippen LogP contribution in [0.25, 0.3) is 16.3 Å². The summed E-state index contributed by atoms with van der Waals surface area (Å²) in [6, 6.07) is 9.23. The molecule has 1 aromatic carbocycles. The van der Waals surface area contributed by atoms with Crippen molar-refractivity contribution in [3.05, 3.63) is 64.7 Å². The molecule has 1 N–H and O–H groups in total. The van der Waals surface area contributed by atoms with Crippen molar-refractivity contribution in [2.24, 2.45) is 5.92 Å². The Bertz CT molecular complexity index is 1060. The minimum atomic E-state index is -0.509. The van der Waals surface area contributed by atoms with Gasteiger partial charge in [-0.2, -0.15) is 4.98 Å². The summed E-state index contributed by atoms with van der Waals surface area (Å²) in [5, 5.41) is 9.11. The Morgan fingerprint density at radius 3 is 2.70 bits per heavy atom. The molecule has 0 spiro atoms. The van der Waals surface area contributed by atoms with Gasteiger partial charge in [-0.15, -0.1) is 11.3 Å². The first-order chi connectivity index (χ1) is 14.4. The molecule has 3 heterocycles. The van der Waals surface area contributed by atoms with E-state index >= 15 is 0 Å². The van der Waals surface area contributed by atoms with Crippen LogP contribution in [-0.4, -0.2) is 27.6 Å². The molecule has 0 fully saturated rings. The van der Waals surface area contributed by atoms with Gasteiger partial charge in [-0.3, -0.25) is 4.90 Å². The molecule has 156 valence electrons. The number of carbonyl (C=O) groups is 1. The number of thiophene rings is 1. The molecular formula is C22H23FN4O2S. The lowest BCUT2D eigenvalue weighted by Crippen LogP contribution is -2.46. The summed E-state index contributed by atoms with van der Waals surface area (Å²) in [4.78, 5) is 20.1. The number of urea groups is 1. The lowest BCUT2D eigenvalue weighted by atomic mass is 9.94. The van der Waals surface area contributed by atoms with Gasteiger partial charge in [-0.1, -0.05) is 37.2 Å². The zero-order chi connectivity index (χ0) is 21.3. The van der Waals surface area contributed by atoms with Gasteiger partial charge in [0.1, 0.15) is 5.82 Å². The van der Waals surface area contributed by atoms with E-state index in [2.05, 4.69) is 29.3 Å². The Kier molecular flexibility index (Phi) is 5.67. The summed E-state index contributed by atoms with van der Waals surface area (Å²) in [6.07, 6.45) is 0.865. The number of amides is 2. The second-order valence-electron chi connectivity index (χ2n) is 7.67. The number of halogens is 1. The van der Waals surface area contributed by atoms with Gasteiger partial charge < -0.3 is 9.84 Å². The van der Waals surface area contributed by atoms with Gasteiger partial charge >= 0.3 is 6.03 Å². The van der Waals surface area contributed by atoms with Crippen molar-refractivity contribution in [2.45, 2.75) is 33.2 Å². The predicted molar refractivity (Wildman–Crippen MR) is 114 cm³/mol. The number of aromatic nitrogens is 2. The van der Waals surface area contributed by atoms with Crippen LogP contribution in [0.1, 0.15) is 44.7 Å². The van der Waals surface area contributed by atoms with Crippen LogP contribution >= 0.6 is 11.3 Å².